The molecule has 0 aliphatic carbocycles. The van der Waals surface area contributed by atoms with Gasteiger partial charge in [0, 0.05) is 32.1 Å². The minimum Gasteiger partial charge on any atom is -0.380 e. The van der Waals surface area contributed by atoms with Gasteiger partial charge in [-0.15, -0.1) is 0 Å². The Kier molecular flexibility index (Phi) is 5.36. The molecule has 0 aliphatic rings. The zero-order valence-corrected chi connectivity index (χ0v) is 11.9. The van der Waals surface area contributed by atoms with Crippen LogP contribution in [0.1, 0.15) is 25.5 Å². The molecule has 0 bridgehead atoms. The number of hydrogen-bond acceptors (Lipinski definition) is 3. The molecule has 1 heterocycles. The molecule has 1 N–H and O–H groups in total. The van der Waals surface area contributed by atoms with Crippen LogP contribution in [-0.2, 0) is 18.3 Å². The zero-order chi connectivity index (χ0) is 13.5. The Hall–Kier alpha value is -1.39. The first-order chi connectivity index (χ1) is 9.33. The van der Waals surface area contributed by atoms with Crippen molar-refractivity contribution in [2.75, 3.05) is 19.8 Å². The Balaban J connectivity index is 1.79. The lowest BCUT2D eigenvalue weighted by atomic mass is 10.2. The van der Waals surface area contributed by atoms with Gasteiger partial charge in [-0.25, -0.2) is 0 Å². The van der Waals surface area contributed by atoms with E-state index >= 15 is 0 Å². The van der Waals surface area contributed by atoms with Gasteiger partial charge in [-0.2, -0.15) is 5.10 Å². The Bertz CT molecular complexity index is 507. The van der Waals surface area contributed by atoms with Gasteiger partial charge in [-0.3, -0.25) is 4.68 Å². The normalized spacial score (nSPS) is 11.3. The van der Waals surface area contributed by atoms with Crippen LogP contribution < -0.4 is 5.32 Å². The molecule has 0 amide bonds. The molecule has 0 saturated carbocycles. The Morgan fingerprint density at radius 1 is 1.26 bits per heavy atom. The van der Waals surface area contributed by atoms with Gasteiger partial charge in [0.25, 0.3) is 0 Å². The third-order valence-corrected chi connectivity index (χ3v) is 3.19. The summed E-state index contributed by atoms with van der Waals surface area (Å²) in [5.74, 6) is 0. The number of aromatic nitrogens is 2. The van der Waals surface area contributed by atoms with E-state index in [0.29, 0.717) is 0 Å². The highest BCUT2D eigenvalue weighted by molar-refractivity contribution is 5.81. The Morgan fingerprint density at radius 3 is 2.95 bits per heavy atom. The number of aryl methyl sites for hydroxylation is 1. The van der Waals surface area contributed by atoms with Gasteiger partial charge < -0.3 is 10.1 Å². The monoisotopic (exact) mass is 261 g/mol. The van der Waals surface area contributed by atoms with E-state index in [9.17, 15) is 0 Å². The van der Waals surface area contributed by atoms with Gasteiger partial charge in [0.05, 0.1) is 17.8 Å². The van der Waals surface area contributed by atoms with Crippen LogP contribution >= 0.6 is 0 Å². The lowest BCUT2D eigenvalue weighted by Gasteiger charge is -2.04. The first-order valence-corrected chi connectivity index (χ1v) is 7.02. The van der Waals surface area contributed by atoms with E-state index in [0.717, 1.165) is 38.4 Å². The number of unbranched alkanes of at least 4 members (excludes halogenated alkanes) is 1. The standard InChI is InChI=1S/C15H23N3O/c1-3-4-10-19-11-9-16-12-14-13-7-5-6-8-15(13)18(2)17-14/h5-8,16H,3-4,9-12H2,1-2H3. The predicted molar refractivity (Wildman–Crippen MR) is 78.1 cm³/mol. The van der Waals surface area contributed by atoms with Crippen molar-refractivity contribution in [3.8, 4) is 0 Å². The van der Waals surface area contributed by atoms with Crippen molar-refractivity contribution in [3.63, 3.8) is 0 Å². The fraction of sp³-hybridized carbons (Fsp3) is 0.533. The molecule has 19 heavy (non-hydrogen) atoms. The van der Waals surface area contributed by atoms with Crippen LogP contribution in [0.4, 0.5) is 0 Å². The van der Waals surface area contributed by atoms with E-state index in [1.807, 2.05) is 17.8 Å². The molecule has 0 saturated heterocycles. The molecule has 0 aliphatic heterocycles. The molecule has 0 spiro atoms. The number of fused-ring (bicyclic) bond motifs is 1. The minimum absolute atomic E-state index is 0.769. The Labute approximate surface area is 114 Å². The van der Waals surface area contributed by atoms with Gasteiger partial charge in [-0.1, -0.05) is 31.5 Å². The summed E-state index contributed by atoms with van der Waals surface area (Å²) in [4.78, 5) is 0. The van der Waals surface area contributed by atoms with Crippen LogP contribution in [0, 0.1) is 0 Å². The van der Waals surface area contributed by atoms with Gasteiger partial charge in [0.1, 0.15) is 0 Å². The van der Waals surface area contributed by atoms with E-state index in [4.69, 9.17) is 4.74 Å². The van der Waals surface area contributed by atoms with Crippen molar-refractivity contribution in [3.05, 3.63) is 30.0 Å². The highest BCUT2D eigenvalue weighted by atomic mass is 16.5. The van der Waals surface area contributed by atoms with E-state index in [1.54, 1.807) is 0 Å². The molecule has 0 atom stereocenters. The summed E-state index contributed by atoms with van der Waals surface area (Å²) in [6.07, 6.45) is 2.33. The largest absolute Gasteiger partial charge is 0.380 e. The third-order valence-electron chi connectivity index (χ3n) is 3.19. The average molecular weight is 261 g/mol. The SMILES string of the molecule is CCCCOCCNCc1nn(C)c2ccccc12. The first kappa shape index (κ1) is 14.0. The summed E-state index contributed by atoms with van der Waals surface area (Å²) < 4.78 is 7.45. The van der Waals surface area contributed by atoms with E-state index < -0.39 is 0 Å². The summed E-state index contributed by atoms with van der Waals surface area (Å²) in [7, 11) is 1.99. The van der Waals surface area contributed by atoms with Crippen LogP contribution in [0.3, 0.4) is 0 Å². The van der Waals surface area contributed by atoms with Crippen molar-refractivity contribution in [1.82, 2.24) is 15.1 Å². The van der Waals surface area contributed by atoms with E-state index in [1.165, 1.54) is 17.3 Å². The molecule has 104 valence electrons. The van der Waals surface area contributed by atoms with Crippen LogP contribution in [0.2, 0.25) is 0 Å². The third kappa shape index (κ3) is 3.78. The van der Waals surface area contributed by atoms with Gasteiger partial charge in [0.15, 0.2) is 0 Å². The lowest BCUT2D eigenvalue weighted by molar-refractivity contribution is 0.133. The maximum Gasteiger partial charge on any atom is 0.0841 e. The number of para-hydroxylation sites is 1. The number of nitrogens with zero attached hydrogens (tertiary/aromatic N) is 2. The molecule has 2 aromatic rings. The maximum absolute atomic E-state index is 5.52. The smallest absolute Gasteiger partial charge is 0.0841 e. The van der Waals surface area contributed by atoms with Crippen molar-refractivity contribution >= 4 is 10.9 Å². The number of ether oxygens (including phenoxy) is 1. The van der Waals surface area contributed by atoms with Crippen LogP contribution in [0.25, 0.3) is 10.9 Å². The summed E-state index contributed by atoms with van der Waals surface area (Å²) in [5, 5.41) is 9.16. The number of hydrogen-bond donors (Lipinski definition) is 1. The number of rotatable bonds is 8. The summed E-state index contributed by atoms with van der Waals surface area (Å²) >= 11 is 0. The van der Waals surface area contributed by atoms with Crippen molar-refractivity contribution < 1.29 is 4.74 Å². The highest BCUT2D eigenvalue weighted by Crippen LogP contribution is 2.16. The second kappa shape index (κ2) is 7.26. The first-order valence-electron chi connectivity index (χ1n) is 7.02. The van der Waals surface area contributed by atoms with Crippen molar-refractivity contribution in [2.45, 2.75) is 26.3 Å². The van der Waals surface area contributed by atoms with Crippen molar-refractivity contribution in [2.24, 2.45) is 7.05 Å². The predicted octanol–water partition coefficient (Wildman–Crippen LogP) is 2.48. The average Bonchev–Trinajstić information content (AvgIpc) is 2.75. The van der Waals surface area contributed by atoms with Gasteiger partial charge in [0.2, 0.25) is 0 Å². The highest BCUT2D eigenvalue weighted by Gasteiger charge is 2.06. The molecular formula is C15H23N3O. The second-order valence-corrected chi connectivity index (χ2v) is 4.73. The summed E-state index contributed by atoms with van der Waals surface area (Å²) in [6, 6.07) is 8.32. The summed E-state index contributed by atoms with van der Waals surface area (Å²) in [5.41, 5.74) is 2.28. The number of nitrogens with one attached hydrogen (secondary N) is 1. The van der Waals surface area contributed by atoms with Gasteiger partial charge >= 0.3 is 0 Å². The molecule has 2 rings (SSSR count). The summed E-state index contributed by atoms with van der Waals surface area (Å²) in [6.45, 7) is 5.47. The molecule has 0 radical (unpaired) electrons. The fourth-order valence-corrected chi connectivity index (χ4v) is 2.12. The number of benzene rings is 1. The molecule has 1 aromatic carbocycles. The van der Waals surface area contributed by atoms with Crippen LogP contribution in [-0.4, -0.2) is 29.5 Å². The molecule has 0 unspecified atom stereocenters. The minimum atomic E-state index is 0.769. The van der Waals surface area contributed by atoms with Crippen LogP contribution in [0.5, 0.6) is 0 Å². The molecule has 4 heteroatoms. The quantitative estimate of drug-likeness (QED) is 0.742. The van der Waals surface area contributed by atoms with Crippen LogP contribution in [0.15, 0.2) is 24.3 Å². The Morgan fingerprint density at radius 2 is 2.11 bits per heavy atom. The molecular weight excluding hydrogens is 238 g/mol. The van der Waals surface area contributed by atoms with Gasteiger partial charge in [-0.05, 0) is 12.5 Å². The zero-order valence-electron chi connectivity index (χ0n) is 11.9. The maximum atomic E-state index is 5.52. The topological polar surface area (TPSA) is 39.1 Å². The van der Waals surface area contributed by atoms with E-state index in [2.05, 4.69) is 35.5 Å². The van der Waals surface area contributed by atoms with Crippen molar-refractivity contribution in [1.29, 1.82) is 0 Å². The molecule has 4 nitrogen and oxygen atoms in total. The molecule has 0 fully saturated rings. The van der Waals surface area contributed by atoms with E-state index in [-0.39, 0.29) is 0 Å². The fourth-order valence-electron chi connectivity index (χ4n) is 2.12. The second-order valence-electron chi connectivity index (χ2n) is 4.73. The molecule has 1 aromatic heterocycles. The lowest BCUT2D eigenvalue weighted by Crippen LogP contribution is -2.20.